The highest BCUT2D eigenvalue weighted by atomic mass is 35.5. The molecule has 0 unspecified atom stereocenters. The van der Waals surface area contributed by atoms with Gasteiger partial charge in [0.05, 0.1) is 24.8 Å². The normalized spacial score (nSPS) is 15.6. The number of hydrogen-bond donors (Lipinski definition) is 0. The number of halogens is 1. The second kappa shape index (κ2) is 6.02. The first-order valence-electron chi connectivity index (χ1n) is 5.85. The molecule has 0 saturated carbocycles. The van der Waals surface area contributed by atoms with Crippen LogP contribution in [0.4, 0.5) is 5.82 Å². The summed E-state index contributed by atoms with van der Waals surface area (Å²) in [5.74, 6) is 0.832. The van der Waals surface area contributed by atoms with Crippen LogP contribution in [0.1, 0.15) is 0 Å². The average molecular weight is 270 g/mol. The van der Waals surface area contributed by atoms with Gasteiger partial charge in [-0.3, -0.25) is 4.79 Å². The first-order valence-corrected chi connectivity index (χ1v) is 6.23. The van der Waals surface area contributed by atoms with Crippen molar-refractivity contribution < 1.29 is 9.53 Å². The number of carbonyl (C=O) groups excluding carboxylic acids is 1. The summed E-state index contributed by atoms with van der Waals surface area (Å²) in [5.41, 5.74) is 0. The van der Waals surface area contributed by atoms with Crippen LogP contribution >= 0.6 is 11.6 Å². The maximum Gasteiger partial charge on any atom is 0.242 e. The van der Waals surface area contributed by atoms with Gasteiger partial charge < -0.3 is 14.5 Å². The zero-order valence-corrected chi connectivity index (χ0v) is 11.1. The lowest BCUT2D eigenvalue weighted by molar-refractivity contribution is -0.133. The molecule has 6 heteroatoms. The second-order valence-electron chi connectivity index (χ2n) is 4.18. The molecular weight excluding hydrogens is 254 g/mol. The Labute approximate surface area is 111 Å². The van der Waals surface area contributed by atoms with Crippen molar-refractivity contribution in [1.82, 2.24) is 9.88 Å². The third kappa shape index (κ3) is 3.34. The van der Waals surface area contributed by atoms with Crippen LogP contribution in [-0.4, -0.2) is 55.7 Å². The Morgan fingerprint density at radius 1 is 1.50 bits per heavy atom. The molecule has 18 heavy (non-hydrogen) atoms. The fourth-order valence-electron chi connectivity index (χ4n) is 1.79. The van der Waals surface area contributed by atoms with Gasteiger partial charge in [0.2, 0.25) is 5.91 Å². The number of morpholine rings is 1. The Kier molecular flexibility index (Phi) is 4.38. The lowest BCUT2D eigenvalue weighted by atomic mass is 10.3. The van der Waals surface area contributed by atoms with Gasteiger partial charge in [0.1, 0.15) is 5.82 Å². The largest absolute Gasteiger partial charge is 0.378 e. The summed E-state index contributed by atoms with van der Waals surface area (Å²) in [4.78, 5) is 19.8. The van der Waals surface area contributed by atoms with Crippen molar-refractivity contribution in [1.29, 1.82) is 0 Å². The summed E-state index contributed by atoms with van der Waals surface area (Å²) in [6.07, 6.45) is 1.58. The van der Waals surface area contributed by atoms with Gasteiger partial charge in [-0.1, -0.05) is 11.6 Å². The molecule has 0 aliphatic carbocycles. The van der Waals surface area contributed by atoms with E-state index in [1.165, 1.54) is 0 Å². The van der Waals surface area contributed by atoms with Crippen molar-refractivity contribution in [2.75, 3.05) is 44.8 Å². The fourth-order valence-corrected chi connectivity index (χ4v) is 1.90. The van der Waals surface area contributed by atoms with Crippen molar-refractivity contribution in [2.24, 2.45) is 0 Å². The van der Waals surface area contributed by atoms with E-state index in [-0.39, 0.29) is 5.91 Å². The number of ether oxygens (including phenoxy) is 1. The van der Waals surface area contributed by atoms with Crippen LogP contribution in [0.15, 0.2) is 18.3 Å². The van der Waals surface area contributed by atoms with Crippen LogP contribution < -0.4 is 4.90 Å². The van der Waals surface area contributed by atoms with E-state index in [0.29, 0.717) is 37.9 Å². The number of rotatable bonds is 3. The van der Waals surface area contributed by atoms with Crippen LogP contribution in [0.2, 0.25) is 5.02 Å². The molecule has 1 aromatic rings. The van der Waals surface area contributed by atoms with Crippen LogP contribution in [0.25, 0.3) is 0 Å². The predicted molar refractivity (Wildman–Crippen MR) is 69.9 cm³/mol. The number of aromatic nitrogens is 1. The van der Waals surface area contributed by atoms with E-state index in [2.05, 4.69) is 4.98 Å². The number of carbonyl (C=O) groups is 1. The Morgan fingerprint density at radius 2 is 2.22 bits per heavy atom. The van der Waals surface area contributed by atoms with E-state index in [1.54, 1.807) is 18.3 Å². The molecule has 0 bridgehead atoms. The Morgan fingerprint density at radius 3 is 2.83 bits per heavy atom. The second-order valence-corrected chi connectivity index (χ2v) is 4.62. The van der Waals surface area contributed by atoms with E-state index in [4.69, 9.17) is 16.3 Å². The number of amides is 1. The molecule has 2 heterocycles. The summed E-state index contributed by atoms with van der Waals surface area (Å²) in [5, 5.41) is 0.589. The Bertz CT molecular complexity index is 404. The summed E-state index contributed by atoms with van der Waals surface area (Å²) in [6.45, 7) is 2.89. The minimum absolute atomic E-state index is 0.0950. The highest BCUT2D eigenvalue weighted by molar-refractivity contribution is 6.30. The molecular formula is C12H16ClN3O2. The van der Waals surface area contributed by atoms with Gasteiger partial charge in [-0.05, 0) is 12.1 Å². The van der Waals surface area contributed by atoms with Gasteiger partial charge in [0, 0.05) is 26.3 Å². The standard InChI is InChI=1S/C12H16ClN3O2/c1-15(11-3-2-10(13)8-14-11)9-12(17)16-4-6-18-7-5-16/h2-3,8H,4-7,9H2,1H3. The number of anilines is 1. The lowest BCUT2D eigenvalue weighted by Crippen LogP contribution is -2.45. The number of pyridine rings is 1. The van der Waals surface area contributed by atoms with E-state index < -0.39 is 0 Å². The summed E-state index contributed by atoms with van der Waals surface area (Å²) >= 11 is 5.77. The highest BCUT2D eigenvalue weighted by Gasteiger charge is 2.18. The van der Waals surface area contributed by atoms with Crippen molar-refractivity contribution in [3.8, 4) is 0 Å². The lowest BCUT2D eigenvalue weighted by Gasteiger charge is -2.29. The molecule has 2 rings (SSSR count). The minimum atomic E-state index is 0.0950. The smallest absolute Gasteiger partial charge is 0.242 e. The molecule has 1 amide bonds. The van der Waals surface area contributed by atoms with Gasteiger partial charge >= 0.3 is 0 Å². The van der Waals surface area contributed by atoms with E-state index in [0.717, 1.165) is 5.82 Å². The van der Waals surface area contributed by atoms with Crippen LogP contribution in [0.5, 0.6) is 0 Å². The van der Waals surface area contributed by atoms with Gasteiger partial charge in [-0.25, -0.2) is 4.98 Å². The number of hydrogen-bond acceptors (Lipinski definition) is 4. The number of likely N-dealkylation sites (N-methyl/N-ethyl adjacent to an activating group) is 1. The quantitative estimate of drug-likeness (QED) is 0.822. The Balaban J connectivity index is 1.91. The van der Waals surface area contributed by atoms with Gasteiger partial charge in [-0.2, -0.15) is 0 Å². The molecule has 0 atom stereocenters. The van der Waals surface area contributed by atoms with Crippen LogP contribution in [0.3, 0.4) is 0 Å². The highest BCUT2D eigenvalue weighted by Crippen LogP contribution is 2.13. The van der Waals surface area contributed by atoms with E-state index in [9.17, 15) is 4.79 Å². The molecule has 0 spiro atoms. The molecule has 0 radical (unpaired) electrons. The molecule has 1 fully saturated rings. The topological polar surface area (TPSA) is 45.7 Å². The fraction of sp³-hybridized carbons (Fsp3) is 0.500. The molecule has 0 aromatic carbocycles. The van der Waals surface area contributed by atoms with Gasteiger partial charge in [0.25, 0.3) is 0 Å². The molecule has 1 saturated heterocycles. The predicted octanol–water partition coefficient (Wildman–Crippen LogP) is 1.03. The zero-order valence-electron chi connectivity index (χ0n) is 10.3. The summed E-state index contributed by atoms with van der Waals surface area (Å²) in [7, 11) is 1.84. The molecule has 1 aliphatic rings. The summed E-state index contributed by atoms with van der Waals surface area (Å²) in [6, 6.07) is 3.56. The van der Waals surface area contributed by atoms with E-state index in [1.807, 2.05) is 16.8 Å². The van der Waals surface area contributed by atoms with Crippen molar-refractivity contribution >= 4 is 23.3 Å². The zero-order chi connectivity index (χ0) is 13.0. The molecule has 1 aromatic heterocycles. The first kappa shape index (κ1) is 13.1. The van der Waals surface area contributed by atoms with Gasteiger partial charge in [-0.15, -0.1) is 0 Å². The molecule has 0 N–H and O–H groups in total. The van der Waals surface area contributed by atoms with Crippen molar-refractivity contribution in [3.05, 3.63) is 23.4 Å². The van der Waals surface area contributed by atoms with E-state index >= 15 is 0 Å². The maximum absolute atomic E-state index is 12.0. The first-order chi connectivity index (χ1) is 8.66. The van der Waals surface area contributed by atoms with Gasteiger partial charge in [0.15, 0.2) is 0 Å². The molecule has 5 nitrogen and oxygen atoms in total. The van der Waals surface area contributed by atoms with Crippen molar-refractivity contribution in [3.63, 3.8) is 0 Å². The SMILES string of the molecule is CN(CC(=O)N1CCOCC1)c1ccc(Cl)cn1. The average Bonchev–Trinajstić information content (AvgIpc) is 2.40. The number of nitrogens with zero attached hydrogens (tertiary/aromatic N) is 3. The third-order valence-electron chi connectivity index (χ3n) is 2.84. The summed E-state index contributed by atoms with van der Waals surface area (Å²) < 4.78 is 5.22. The minimum Gasteiger partial charge on any atom is -0.378 e. The third-order valence-corrected chi connectivity index (χ3v) is 3.06. The van der Waals surface area contributed by atoms with Crippen LogP contribution in [-0.2, 0) is 9.53 Å². The maximum atomic E-state index is 12.0. The molecule has 98 valence electrons. The monoisotopic (exact) mass is 269 g/mol. The van der Waals surface area contributed by atoms with Crippen molar-refractivity contribution in [2.45, 2.75) is 0 Å². The van der Waals surface area contributed by atoms with Crippen LogP contribution in [0, 0.1) is 0 Å². The Hall–Kier alpha value is -1.33. The molecule has 1 aliphatic heterocycles.